The molecular formula is C26H31F3N8O. The largest absolute Gasteiger partial charge is 0.416 e. The summed E-state index contributed by atoms with van der Waals surface area (Å²) < 4.78 is 38.8. The van der Waals surface area contributed by atoms with Gasteiger partial charge in [-0.25, -0.2) is 4.98 Å². The van der Waals surface area contributed by atoms with Gasteiger partial charge in [0.15, 0.2) is 5.82 Å². The lowest BCUT2D eigenvalue weighted by Crippen LogP contribution is -2.46. The lowest BCUT2D eigenvalue weighted by atomic mass is 10.0. The fourth-order valence-electron chi connectivity index (χ4n) is 4.72. The molecule has 1 aromatic carbocycles. The first kappa shape index (κ1) is 26.0. The third-order valence-electron chi connectivity index (χ3n) is 7.18. The van der Waals surface area contributed by atoms with Crippen LogP contribution in [0.1, 0.15) is 42.9 Å². The number of H-pyrrole nitrogens is 1. The minimum absolute atomic E-state index is 0.121. The Morgan fingerprint density at radius 2 is 1.87 bits per heavy atom. The molecule has 1 saturated carbocycles. The van der Waals surface area contributed by atoms with Crippen LogP contribution in [0.3, 0.4) is 0 Å². The summed E-state index contributed by atoms with van der Waals surface area (Å²) in [6.45, 7) is 1.49. The van der Waals surface area contributed by atoms with Crippen molar-refractivity contribution in [3.8, 4) is 0 Å². The van der Waals surface area contributed by atoms with Crippen LogP contribution in [0.5, 0.6) is 0 Å². The first-order valence-corrected chi connectivity index (χ1v) is 12.7. The molecular weight excluding hydrogens is 497 g/mol. The number of benzene rings is 1. The Bertz CT molecular complexity index is 1270. The van der Waals surface area contributed by atoms with E-state index in [1.165, 1.54) is 25.0 Å². The van der Waals surface area contributed by atoms with Gasteiger partial charge < -0.3 is 15.1 Å². The number of rotatable bonds is 8. The summed E-state index contributed by atoms with van der Waals surface area (Å²) >= 11 is 0. The Labute approximate surface area is 219 Å². The molecule has 202 valence electrons. The topological polar surface area (TPSA) is 93.3 Å². The highest BCUT2D eigenvalue weighted by molar-refractivity contribution is 5.92. The number of nitrogens with one attached hydrogen (secondary N) is 2. The van der Waals surface area contributed by atoms with E-state index in [0.29, 0.717) is 25.0 Å². The highest BCUT2D eigenvalue weighted by Gasteiger charge is 2.31. The van der Waals surface area contributed by atoms with Gasteiger partial charge in [0.25, 0.3) is 0 Å². The lowest BCUT2D eigenvalue weighted by molar-refractivity contribution is -0.137. The number of carbonyl (C=O) groups excluding carboxylic acids is 1. The van der Waals surface area contributed by atoms with Gasteiger partial charge in [0.05, 0.1) is 12.1 Å². The van der Waals surface area contributed by atoms with Gasteiger partial charge in [0.1, 0.15) is 5.82 Å². The highest BCUT2D eigenvalue weighted by atomic mass is 19.4. The normalized spacial score (nSPS) is 16.9. The summed E-state index contributed by atoms with van der Waals surface area (Å²) in [5.74, 6) is 2.44. The Balaban J connectivity index is 1.13. The van der Waals surface area contributed by atoms with Crippen molar-refractivity contribution < 1.29 is 18.0 Å². The van der Waals surface area contributed by atoms with Crippen molar-refractivity contribution in [1.29, 1.82) is 0 Å². The number of aromatic nitrogens is 4. The zero-order valence-corrected chi connectivity index (χ0v) is 21.4. The van der Waals surface area contributed by atoms with Crippen molar-refractivity contribution in [1.82, 2.24) is 25.1 Å². The first-order valence-electron chi connectivity index (χ1n) is 12.7. The van der Waals surface area contributed by atoms with Crippen molar-refractivity contribution in [3.05, 3.63) is 53.9 Å². The summed E-state index contributed by atoms with van der Waals surface area (Å²) in [5.41, 5.74) is 0.512. The van der Waals surface area contributed by atoms with Crippen molar-refractivity contribution in [2.24, 2.45) is 0 Å². The van der Waals surface area contributed by atoms with Gasteiger partial charge in [0.2, 0.25) is 11.9 Å². The molecule has 9 nitrogen and oxygen atoms in total. The molecule has 0 atom stereocenters. The molecule has 0 bridgehead atoms. The minimum Gasteiger partial charge on any atom is -0.341 e. The third-order valence-corrected chi connectivity index (χ3v) is 7.18. The van der Waals surface area contributed by atoms with E-state index >= 15 is 0 Å². The van der Waals surface area contributed by atoms with Gasteiger partial charge in [-0.2, -0.15) is 23.3 Å². The number of anilines is 4. The maximum Gasteiger partial charge on any atom is 0.416 e. The predicted molar refractivity (Wildman–Crippen MR) is 139 cm³/mol. The summed E-state index contributed by atoms with van der Waals surface area (Å²) in [5, 5.41) is 10.1. The van der Waals surface area contributed by atoms with E-state index in [9.17, 15) is 18.0 Å². The van der Waals surface area contributed by atoms with E-state index < -0.39 is 11.7 Å². The van der Waals surface area contributed by atoms with E-state index in [1.54, 1.807) is 6.20 Å². The smallest absolute Gasteiger partial charge is 0.341 e. The molecule has 3 heterocycles. The minimum atomic E-state index is -4.45. The Hall–Kier alpha value is -3.67. The molecule has 5 rings (SSSR count). The standard InChI is InChI=1S/C26H31F3N8O/c1-35(25-30-11-8-22(32-25)36(2)23-15-21(33-34-23)17-6-7-17)20-9-12-37(13-10-20)16-24(38)31-19-5-3-4-18(14-19)26(27,28)29/h3-5,8,11,14-15,17,20H,6-7,9-10,12-13,16H2,1-2H3,(H,31,38)(H,33,34). The Morgan fingerprint density at radius 1 is 1.11 bits per heavy atom. The van der Waals surface area contributed by atoms with Crippen LogP contribution in [0.2, 0.25) is 0 Å². The predicted octanol–water partition coefficient (Wildman–Crippen LogP) is 4.40. The number of alkyl halides is 3. The zero-order valence-electron chi connectivity index (χ0n) is 21.4. The molecule has 2 aliphatic rings. The SMILES string of the molecule is CN(c1cc(C2CC2)[nH]n1)c1ccnc(N(C)C2CCN(CC(=O)Nc3cccc(C(F)(F)F)c3)CC2)n1. The van der Waals surface area contributed by atoms with Gasteiger partial charge >= 0.3 is 6.18 Å². The first-order chi connectivity index (χ1) is 18.2. The van der Waals surface area contributed by atoms with Crippen molar-refractivity contribution in [3.63, 3.8) is 0 Å². The van der Waals surface area contributed by atoms with Crippen LogP contribution in [-0.2, 0) is 11.0 Å². The monoisotopic (exact) mass is 528 g/mol. The molecule has 2 fully saturated rings. The number of amides is 1. The number of aromatic amines is 1. The molecule has 0 radical (unpaired) electrons. The van der Waals surface area contributed by atoms with Crippen LogP contribution in [0, 0.1) is 0 Å². The molecule has 12 heteroatoms. The number of hydrogen-bond donors (Lipinski definition) is 2. The van der Waals surface area contributed by atoms with E-state index in [-0.39, 0.29) is 24.2 Å². The van der Waals surface area contributed by atoms with Crippen LogP contribution in [0.15, 0.2) is 42.6 Å². The average Bonchev–Trinajstić information content (AvgIpc) is 3.64. The number of carbonyl (C=O) groups is 1. The second-order valence-corrected chi connectivity index (χ2v) is 9.97. The van der Waals surface area contributed by atoms with Gasteiger partial charge in [-0.15, -0.1) is 0 Å². The number of likely N-dealkylation sites (tertiary alicyclic amines) is 1. The van der Waals surface area contributed by atoms with Gasteiger partial charge in [-0.05, 0) is 49.9 Å². The zero-order chi connectivity index (χ0) is 26.9. The fraction of sp³-hybridized carbons (Fsp3) is 0.462. The number of halogens is 3. The molecule has 1 amide bonds. The van der Waals surface area contributed by atoms with E-state index in [4.69, 9.17) is 4.98 Å². The molecule has 2 aromatic heterocycles. The van der Waals surface area contributed by atoms with E-state index in [1.807, 2.05) is 30.0 Å². The maximum atomic E-state index is 12.9. The van der Waals surface area contributed by atoms with E-state index in [0.717, 1.165) is 42.3 Å². The van der Waals surface area contributed by atoms with Gasteiger partial charge in [-0.1, -0.05) is 6.07 Å². The van der Waals surface area contributed by atoms with Crippen molar-refractivity contribution >= 4 is 29.2 Å². The second kappa shape index (κ2) is 10.6. The summed E-state index contributed by atoms with van der Waals surface area (Å²) in [6.07, 6.45) is 1.31. The van der Waals surface area contributed by atoms with Gasteiger partial charge in [-0.3, -0.25) is 14.8 Å². The molecule has 2 N–H and O–H groups in total. The van der Waals surface area contributed by atoms with Crippen molar-refractivity contribution in [2.45, 2.75) is 43.8 Å². The summed E-state index contributed by atoms with van der Waals surface area (Å²) in [6, 6.07) is 8.80. The Morgan fingerprint density at radius 3 is 2.58 bits per heavy atom. The second-order valence-electron chi connectivity index (χ2n) is 9.97. The number of piperidine rings is 1. The molecule has 38 heavy (non-hydrogen) atoms. The average molecular weight is 529 g/mol. The van der Waals surface area contributed by atoms with Gasteiger partial charge in [0, 0.05) is 62.8 Å². The highest BCUT2D eigenvalue weighted by Crippen LogP contribution is 2.40. The molecule has 1 aliphatic heterocycles. The number of hydrogen-bond acceptors (Lipinski definition) is 7. The van der Waals surface area contributed by atoms with Crippen LogP contribution in [-0.4, -0.2) is 70.7 Å². The molecule has 1 saturated heterocycles. The molecule has 1 aliphatic carbocycles. The van der Waals surface area contributed by atoms with E-state index in [2.05, 4.69) is 31.5 Å². The lowest BCUT2D eigenvalue weighted by Gasteiger charge is -2.36. The van der Waals surface area contributed by atoms with Crippen LogP contribution in [0.4, 0.5) is 36.4 Å². The maximum absolute atomic E-state index is 12.9. The van der Waals surface area contributed by atoms with Crippen LogP contribution >= 0.6 is 0 Å². The summed E-state index contributed by atoms with van der Waals surface area (Å²) in [4.78, 5) is 27.7. The fourth-order valence-corrected chi connectivity index (χ4v) is 4.72. The molecule has 0 unspecified atom stereocenters. The van der Waals surface area contributed by atoms with Crippen molar-refractivity contribution in [2.75, 3.05) is 48.8 Å². The summed E-state index contributed by atoms with van der Waals surface area (Å²) in [7, 11) is 3.90. The van der Waals surface area contributed by atoms with Crippen LogP contribution < -0.4 is 15.1 Å². The number of nitrogens with zero attached hydrogens (tertiary/aromatic N) is 6. The molecule has 0 spiro atoms. The molecule has 3 aromatic rings. The van der Waals surface area contributed by atoms with Crippen LogP contribution in [0.25, 0.3) is 0 Å². The quantitative estimate of drug-likeness (QED) is 0.448. The third kappa shape index (κ3) is 6.07. The Kier molecular flexibility index (Phi) is 7.24.